The van der Waals surface area contributed by atoms with Gasteiger partial charge < -0.3 is 9.80 Å². The number of carbonyl (C=O) groups excluding carboxylic acids is 1. The molecule has 0 aromatic rings. The maximum Gasteiger partial charge on any atom is 0.229 e. The number of thioether (sulfide) groups is 1. The van der Waals surface area contributed by atoms with Crippen LogP contribution < -0.4 is 0 Å². The molecule has 0 radical (unpaired) electrons. The molecular weight excluding hydrogens is 304 g/mol. The number of rotatable bonds is 3. The maximum atomic E-state index is 13.7. The van der Waals surface area contributed by atoms with E-state index in [1.54, 1.807) is 0 Å². The standard InChI is InChI=1S/C19H32N2OS/c1-20(2)12-17-13-23-5-3-4-21(17)18(22)19-9-14-6-15(10-19)8-16(7-14)11-19/h14-17H,3-13H2,1-2H3/t14?,15?,16?,17-,19?/m0/s1. The van der Waals surface area contributed by atoms with Gasteiger partial charge in [-0.2, -0.15) is 11.8 Å². The Morgan fingerprint density at radius 1 is 1.13 bits per heavy atom. The van der Waals surface area contributed by atoms with Crippen LogP contribution in [0, 0.1) is 23.2 Å². The molecule has 5 aliphatic rings. The fourth-order valence-electron chi connectivity index (χ4n) is 6.35. The molecule has 3 nitrogen and oxygen atoms in total. The lowest BCUT2D eigenvalue weighted by molar-refractivity contribution is -0.159. The molecule has 0 unspecified atom stereocenters. The molecular formula is C19H32N2OS. The molecule has 1 heterocycles. The fourth-order valence-corrected chi connectivity index (χ4v) is 7.40. The van der Waals surface area contributed by atoms with Crippen molar-refractivity contribution in [3.63, 3.8) is 0 Å². The van der Waals surface area contributed by atoms with Crippen molar-refractivity contribution in [3.8, 4) is 0 Å². The average molecular weight is 337 g/mol. The molecule has 5 fully saturated rings. The highest BCUT2D eigenvalue weighted by Gasteiger charge is 2.56. The summed E-state index contributed by atoms with van der Waals surface area (Å²) < 4.78 is 0. The Balaban J connectivity index is 1.56. The molecule has 0 aromatic heterocycles. The van der Waals surface area contributed by atoms with Gasteiger partial charge in [-0.05, 0) is 82.5 Å². The molecule has 0 N–H and O–H groups in total. The summed E-state index contributed by atoms with van der Waals surface area (Å²) in [6.07, 6.45) is 9.05. The third kappa shape index (κ3) is 3.06. The molecule has 1 saturated heterocycles. The lowest BCUT2D eigenvalue weighted by atomic mass is 9.49. The molecule has 4 heteroatoms. The largest absolute Gasteiger partial charge is 0.337 e. The van der Waals surface area contributed by atoms with Gasteiger partial charge in [-0.3, -0.25) is 4.79 Å². The normalized spacial score (nSPS) is 43.0. The van der Waals surface area contributed by atoms with Crippen molar-refractivity contribution >= 4 is 17.7 Å². The predicted molar refractivity (Wildman–Crippen MR) is 96.6 cm³/mol. The summed E-state index contributed by atoms with van der Waals surface area (Å²) in [5.74, 6) is 5.47. The molecule has 0 aromatic carbocycles. The first-order valence-electron chi connectivity index (χ1n) is 9.59. The summed E-state index contributed by atoms with van der Waals surface area (Å²) in [4.78, 5) is 18.3. The highest BCUT2D eigenvalue weighted by molar-refractivity contribution is 7.99. The van der Waals surface area contributed by atoms with Gasteiger partial charge in [-0.15, -0.1) is 0 Å². The molecule has 130 valence electrons. The van der Waals surface area contributed by atoms with Crippen molar-refractivity contribution in [3.05, 3.63) is 0 Å². The van der Waals surface area contributed by atoms with Crippen LogP contribution in [0.3, 0.4) is 0 Å². The van der Waals surface area contributed by atoms with Crippen molar-refractivity contribution < 1.29 is 4.79 Å². The summed E-state index contributed by atoms with van der Waals surface area (Å²) >= 11 is 2.04. The van der Waals surface area contributed by atoms with E-state index < -0.39 is 0 Å². The van der Waals surface area contributed by atoms with E-state index in [0.717, 1.165) is 36.6 Å². The number of nitrogens with zero attached hydrogens (tertiary/aromatic N) is 2. The second kappa shape index (κ2) is 6.25. The number of amides is 1. The second-order valence-electron chi connectivity index (χ2n) is 9.04. The van der Waals surface area contributed by atoms with Crippen LogP contribution in [0.1, 0.15) is 44.9 Å². The zero-order valence-corrected chi connectivity index (χ0v) is 15.6. The van der Waals surface area contributed by atoms with E-state index in [9.17, 15) is 4.79 Å². The summed E-state index contributed by atoms with van der Waals surface area (Å²) in [5.41, 5.74) is 0.0360. The smallest absolute Gasteiger partial charge is 0.229 e. The molecule has 4 saturated carbocycles. The Labute approximate surface area is 145 Å². The molecule has 4 aliphatic carbocycles. The zero-order chi connectivity index (χ0) is 16.0. The Hall–Kier alpha value is -0.220. The molecule has 0 spiro atoms. The predicted octanol–water partition coefficient (Wildman–Crippen LogP) is 3.10. The lowest BCUT2D eigenvalue weighted by Gasteiger charge is -2.57. The van der Waals surface area contributed by atoms with Gasteiger partial charge in [0.1, 0.15) is 0 Å². The van der Waals surface area contributed by atoms with Crippen LogP contribution >= 0.6 is 11.8 Å². The van der Waals surface area contributed by atoms with E-state index in [-0.39, 0.29) is 5.41 Å². The molecule has 1 amide bonds. The topological polar surface area (TPSA) is 23.6 Å². The molecule has 1 aliphatic heterocycles. The van der Waals surface area contributed by atoms with Crippen LogP contribution in [0.2, 0.25) is 0 Å². The van der Waals surface area contributed by atoms with Crippen molar-refractivity contribution in [1.82, 2.24) is 9.80 Å². The van der Waals surface area contributed by atoms with Crippen LogP contribution in [0.25, 0.3) is 0 Å². The highest BCUT2D eigenvalue weighted by Crippen LogP contribution is 2.60. The Morgan fingerprint density at radius 2 is 1.74 bits per heavy atom. The minimum atomic E-state index is 0.0360. The molecule has 4 bridgehead atoms. The minimum absolute atomic E-state index is 0.0360. The number of hydrogen-bond acceptors (Lipinski definition) is 3. The molecule has 1 atom stereocenters. The van der Waals surface area contributed by atoms with E-state index >= 15 is 0 Å². The van der Waals surface area contributed by atoms with Crippen molar-refractivity contribution in [2.45, 2.75) is 51.0 Å². The van der Waals surface area contributed by atoms with Gasteiger partial charge in [0.05, 0.1) is 11.5 Å². The fraction of sp³-hybridized carbons (Fsp3) is 0.947. The second-order valence-corrected chi connectivity index (χ2v) is 10.2. The van der Waals surface area contributed by atoms with Gasteiger partial charge in [-0.25, -0.2) is 0 Å². The van der Waals surface area contributed by atoms with E-state index in [4.69, 9.17) is 0 Å². The maximum absolute atomic E-state index is 13.7. The average Bonchev–Trinajstić information content (AvgIpc) is 2.70. The summed E-state index contributed by atoms with van der Waals surface area (Å²) in [6.45, 7) is 2.01. The third-order valence-corrected chi connectivity index (χ3v) is 7.97. The van der Waals surface area contributed by atoms with Gasteiger partial charge in [0.15, 0.2) is 0 Å². The first-order chi connectivity index (χ1) is 11.1. The number of hydrogen-bond donors (Lipinski definition) is 0. The van der Waals surface area contributed by atoms with Crippen LogP contribution in [-0.4, -0.2) is 60.4 Å². The van der Waals surface area contributed by atoms with Crippen LogP contribution in [0.15, 0.2) is 0 Å². The Bertz CT molecular complexity index is 429. The van der Waals surface area contributed by atoms with Gasteiger partial charge in [0.25, 0.3) is 0 Å². The Kier molecular flexibility index (Phi) is 4.42. The minimum Gasteiger partial charge on any atom is -0.337 e. The summed E-state index contributed by atoms with van der Waals surface area (Å²) in [5, 5.41) is 0. The number of carbonyl (C=O) groups is 1. The van der Waals surface area contributed by atoms with E-state index in [0.29, 0.717) is 11.9 Å². The van der Waals surface area contributed by atoms with Gasteiger partial charge >= 0.3 is 0 Å². The SMILES string of the molecule is CN(C)C[C@H]1CSCCCN1C(=O)C12CC3CC(CC(C3)C1)C2. The monoisotopic (exact) mass is 336 g/mol. The molecule has 5 rings (SSSR count). The van der Waals surface area contributed by atoms with Crippen LogP contribution in [-0.2, 0) is 4.79 Å². The highest BCUT2D eigenvalue weighted by atomic mass is 32.2. The third-order valence-electron chi connectivity index (χ3n) is 6.77. The first-order valence-corrected chi connectivity index (χ1v) is 10.7. The first kappa shape index (κ1) is 16.3. The lowest BCUT2D eigenvalue weighted by Crippen LogP contribution is -2.58. The van der Waals surface area contributed by atoms with Crippen molar-refractivity contribution in [1.29, 1.82) is 0 Å². The molecule has 23 heavy (non-hydrogen) atoms. The van der Waals surface area contributed by atoms with Gasteiger partial charge in [-0.1, -0.05) is 0 Å². The summed E-state index contributed by atoms with van der Waals surface area (Å²) in [7, 11) is 4.28. The Morgan fingerprint density at radius 3 is 2.30 bits per heavy atom. The van der Waals surface area contributed by atoms with E-state index in [1.807, 2.05) is 11.8 Å². The van der Waals surface area contributed by atoms with Crippen LogP contribution in [0.5, 0.6) is 0 Å². The van der Waals surface area contributed by atoms with Crippen molar-refractivity contribution in [2.24, 2.45) is 23.2 Å². The van der Waals surface area contributed by atoms with Gasteiger partial charge in [0, 0.05) is 18.8 Å². The van der Waals surface area contributed by atoms with Crippen LogP contribution in [0.4, 0.5) is 0 Å². The zero-order valence-electron chi connectivity index (χ0n) is 14.8. The van der Waals surface area contributed by atoms with E-state index in [2.05, 4.69) is 23.9 Å². The summed E-state index contributed by atoms with van der Waals surface area (Å²) in [6, 6.07) is 0.415. The van der Waals surface area contributed by atoms with Crippen molar-refractivity contribution in [2.75, 3.05) is 38.7 Å². The van der Waals surface area contributed by atoms with Gasteiger partial charge in [0.2, 0.25) is 5.91 Å². The number of likely N-dealkylation sites (N-methyl/N-ethyl adjacent to an activating group) is 1. The quantitative estimate of drug-likeness (QED) is 0.791. The van der Waals surface area contributed by atoms with E-state index in [1.165, 1.54) is 50.7 Å².